The van der Waals surface area contributed by atoms with E-state index in [2.05, 4.69) is 35.7 Å². The second-order valence-electron chi connectivity index (χ2n) is 10.6. The van der Waals surface area contributed by atoms with Gasteiger partial charge in [0.2, 0.25) is 0 Å². The van der Waals surface area contributed by atoms with Crippen molar-refractivity contribution in [3.8, 4) is 22.0 Å². The first kappa shape index (κ1) is 27.6. The van der Waals surface area contributed by atoms with Gasteiger partial charge in [0.25, 0.3) is 16.4 Å². The highest BCUT2D eigenvalue weighted by Gasteiger charge is 2.37. The maximum Gasteiger partial charge on any atom is 0.281 e. The van der Waals surface area contributed by atoms with Gasteiger partial charge in [0.05, 0.1) is 34.4 Å². The zero-order valence-corrected chi connectivity index (χ0v) is 23.7. The summed E-state index contributed by atoms with van der Waals surface area (Å²) in [6, 6.07) is 3.50. The molecule has 3 N–H and O–H groups in total. The Hall–Kier alpha value is -3.56. The lowest BCUT2D eigenvalue weighted by molar-refractivity contribution is 0.0196. The number of rotatable bonds is 9. The summed E-state index contributed by atoms with van der Waals surface area (Å²) in [6.45, 7) is 1.83. The third-order valence-electron chi connectivity index (χ3n) is 7.24. The monoisotopic (exact) mass is 602 g/mol. The molecular weight excluding hydrogens is 574 g/mol. The molecule has 2 fully saturated rings. The van der Waals surface area contributed by atoms with Crippen LogP contribution in [0.1, 0.15) is 57.6 Å². The minimum Gasteiger partial charge on any atom is -0.390 e. The van der Waals surface area contributed by atoms with Crippen LogP contribution < -0.4 is 10.6 Å². The third kappa shape index (κ3) is 6.06. The van der Waals surface area contributed by atoms with E-state index in [0.717, 1.165) is 28.3 Å². The van der Waals surface area contributed by atoms with E-state index in [1.165, 1.54) is 17.8 Å². The molecule has 15 heteroatoms. The summed E-state index contributed by atoms with van der Waals surface area (Å²) >= 11 is 1.12. The lowest BCUT2D eigenvalue weighted by Crippen LogP contribution is -2.35. The summed E-state index contributed by atoms with van der Waals surface area (Å²) in [5.74, 6) is 1.15. The molecule has 0 bridgehead atoms. The zero-order chi connectivity index (χ0) is 28.8. The number of nitrogens with one attached hydrogen (secondary N) is 2. The van der Waals surface area contributed by atoms with Crippen molar-refractivity contribution in [3.63, 3.8) is 0 Å². The van der Waals surface area contributed by atoms with E-state index in [1.54, 1.807) is 24.5 Å². The highest BCUT2D eigenvalue weighted by molar-refractivity contribution is 7.90. The summed E-state index contributed by atoms with van der Waals surface area (Å²) in [4.78, 5) is 17.4. The predicted octanol–water partition coefficient (Wildman–Crippen LogP) is 4.99. The van der Waals surface area contributed by atoms with Crippen molar-refractivity contribution in [2.45, 2.75) is 68.8 Å². The molecule has 4 aromatic rings. The second-order valence-corrected chi connectivity index (χ2v) is 13.6. The molecule has 0 aliphatic heterocycles. The molecule has 41 heavy (non-hydrogen) atoms. The van der Waals surface area contributed by atoms with Gasteiger partial charge in [-0.3, -0.25) is 0 Å². The number of nitrogens with zero attached hydrogens (tertiary/aromatic N) is 6. The quantitative estimate of drug-likeness (QED) is 0.239. The van der Waals surface area contributed by atoms with Gasteiger partial charge in [-0.2, -0.15) is 9.19 Å². The Bertz CT molecular complexity index is 1660. The van der Waals surface area contributed by atoms with Crippen molar-refractivity contribution < 1.29 is 22.3 Å². The Balaban J connectivity index is 1.26. The SMILES string of the molecule is CC1(O)CCC(Nc2cc(Nc3ccnc(-c4cnn(S(=O)(=O)C5CC5)c4)n3)ncc2-c2nc(C(F)F)cs2)CC1. The van der Waals surface area contributed by atoms with Gasteiger partial charge in [0.15, 0.2) is 5.82 Å². The fraction of sp³-hybridized carbons (Fsp3) is 0.423. The first-order chi connectivity index (χ1) is 19.6. The van der Waals surface area contributed by atoms with Gasteiger partial charge in [0.1, 0.15) is 22.3 Å². The minimum absolute atomic E-state index is 0.0767. The highest BCUT2D eigenvalue weighted by Crippen LogP contribution is 2.37. The van der Waals surface area contributed by atoms with Gasteiger partial charge in [-0.25, -0.2) is 37.1 Å². The lowest BCUT2D eigenvalue weighted by Gasteiger charge is -2.34. The Morgan fingerprint density at radius 1 is 1.12 bits per heavy atom. The molecule has 0 atom stereocenters. The lowest BCUT2D eigenvalue weighted by atomic mass is 9.83. The molecule has 6 rings (SSSR count). The predicted molar refractivity (Wildman–Crippen MR) is 151 cm³/mol. The van der Waals surface area contributed by atoms with Crippen LogP contribution >= 0.6 is 11.3 Å². The average Bonchev–Trinajstić information content (AvgIpc) is 3.48. The topological polar surface area (TPSA) is 148 Å². The Morgan fingerprint density at radius 2 is 1.90 bits per heavy atom. The van der Waals surface area contributed by atoms with E-state index in [4.69, 9.17) is 0 Å². The van der Waals surface area contributed by atoms with E-state index in [0.29, 0.717) is 65.0 Å². The molecule has 2 aliphatic carbocycles. The molecular formula is C26H28F2N8O3S2. The molecule has 0 amide bonds. The molecule has 11 nitrogen and oxygen atoms in total. The largest absolute Gasteiger partial charge is 0.390 e. The summed E-state index contributed by atoms with van der Waals surface area (Å²) in [5, 5.41) is 22.4. The smallest absolute Gasteiger partial charge is 0.281 e. The summed E-state index contributed by atoms with van der Waals surface area (Å²) in [6.07, 6.45) is 7.32. The number of pyridine rings is 1. The maximum atomic E-state index is 13.2. The molecule has 4 aromatic heterocycles. The summed E-state index contributed by atoms with van der Waals surface area (Å²) in [5.41, 5.74) is 0.739. The van der Waals surface area contributed by atoms with Crippen LogP contribution in [0.15, 0.2) is 42.3 Å². The van der Waals surface area contributed by atoms with Gasteiger partial charge in [0, 0.05) is 35.6 Å². The molecule has 0 unspecified atom stereocenters. The van der Waals surface area contributed by atoms with Crippen LogP contribution in [0.4, 0.5) is 26.1 Å². The van der Waals surface area contributed by atoms with Crippen LogP contribution in [0.25, 0.3) is 22.0 Å². The van der Waals surface area contributed by atoms with Crippen LogP contribution in [-0.4, -0.2) is 59.5 Å². The summed E-state index contributed by atoms with van der Waals surface area (Å²) in [7, 11) is -3.51. The first-order valence-corrected chi connectivity index (χ1v) is 15.6. The number of thiazole rings is 1. The molecule has 0 spiro atoms. The van der Waals surface area contributed by atoms with Gasteiger partial charge in [-0.05, 0) is 51.5 Å². The minimum atomic E-state index is -3.51. The van der Waals surface area contributed by atoms with E-state index >= 15 is 0 Å². The fourth-order valence-electron chi connectivity index (χ4n) is 4.70. The molecule has 2 aliphatic rings. The van der Waals surface area contributed by atoms with Crippen molar-refractivity contribution in [2.24, 2.45) is 0 Å². The third-order valence-corrected chi connectivity index (χ3v) is 10.2. The number of alkyl halides is 2. The van der Waals surface area contributed by atoms with E-state index in [-0.39, 0.29) is 11.7 Å². The molecule has 0 radical (unpaired) electrons. The normalized spacial score (nSPS) is 21.2. The van der Waals surface area contributed by atoms with Crippen LogP contribution in [-0.2, 0) is 10.0 Å². The van der Waals surface area contributed by atoms with Crippen LogP contribution in [0.3, 0.4) is 0 Å². The summed E-state index contributed by atoms with van der Waals surface area (Å²) < 4.78 is 52.4. The van der Waals surface area contributed by atoms with E-state index in [9.17, 15) is 22.3 Å². The number of halogens is 2. The van der Waals surface area contributed by atoms with Crippen LogP contribution in [0.5, 0.6) is 0 Å². The number of hydrogen-bond acceptors (Lipinski definition) is 11. The van der Waals surface area contributed by atoms with Gasteiger partial charge in [-0.15, -0.1) is 11.3 Å². The number of aromatic nitrogens is 6. The standard InChI is InChI=1S/C26H28F2N8O3S2/c1-26(37)7-4-16(5-8-26)32-19-10-22(30-12-18(19)25-33-20(14-40-25)23(27)28)34-21-6-9-29-24(35-21)15-11-31-36(13-15)41(38,39)17-2-3-17/h6,9-14,16-17,23,37H,2-5,7-8H2,1H3,(H2,29,30,32,34,35). The first-order valence-electron chi connectivity index (χ1n) is 13.2. The maximum absolute atomic E-state index is 13.2. The van der Waals surface area contributed by atoms with Gasteiger partial charge in [-0.1, -0.05) is 0 Å². The second kappa shape index (κ2) is 10.7. The molecule has 0 saturated heterocycles. The Kier molecular flexibility index (Phi) is 7.20. The van der Waals surface area contributed by atoms with Crippen molar-refractivity contribution in [1.29, 1.82) is 0 Å². The van der Waals surface area contributed by atoms with Crippen molar-refractivity contribution in [3.05, 3.63) is 48.0 Å². The number of aliphatic hydroxyl groups is 1. The van der Waals surface area contributed by atoms with Crippen LogP contribution in [0, 0.1) is 0 Å². The highest BCUT2D eigenvalue weighted by atomic mass is 32.2. The average molecular weight is 603 g/mol. The molecule has 0 aromatic carbocycles. The van der Waals surface area contributed by atoms with Crippen molar-refractivity contribution in [1.82, 2.24) is 29.1 Å². The molecule has 216 valence electrons. The number of hydrogen-bond donors (Lipinski definition) is 3. The molecule has 2 saturated carbocycles. The Labute approximate surface area is 239 Å². The number of anilines is 3. The van der Waals surface area contributed by atoms with E-state index in [1.807, 2.05) is 6.92 Å². The van der Waals surface area contributed by atoms with Crippen LogP contribution in [0.2, 0.25) is 0 Å². The van der Waals surface area contributed by atoms with Crippen molar-refractivity contribution >= 4 is 38.7 Å². The van der Waals surface area contributed by atoms with E-state index < -0.39 is 27.3 Å². The Morgan fingerprint density at radius 3 is 2.61 bits per heavy atom. The zero-order valence-electron chi connectivity index (χ0n) is 22.0. The van der Waals surface area contributed by atoms with Gasteiger partial charge < -0.3 is 15.7 Å². The van der Waals surface area contributed by atoms with Gasteiger partial charge >= 0.3 is 0 Å². The van der Waals surface area contributed by atoms with Crippen molar-refractivity contribution in [2.75, 3.05) is 10.6 Å². The molecule has 4 heterocycles. The fourth-order valence-corrected chi connectivity index (χ4v) is 7.02.